The van der Waals surface area contributed by atoms with E-state index in [4.69, 9.17) is 4.98 Å². The molecule has 4 aromatic rings. The molecular formula is C23H20N4O2S. The Hall–Kier alpha value is -3.32. The zero-order valence-corrected chi connectivity index (χ0v) is 17.1. The monoisotopic (exact) mass is 416 g/mol. The molecule has 1 N–H and O–H groups in total. The quantitative estimate of drug-likeness (QED) is 0.546. The molecule has 5 rings (SSSR count). The molecule has 6 nitrogen and oxygen atoms in total. The summed E-state index contributed by atoms with van der Waals surface area (Å²) in [4.78, 5) is 39.1. The lowest BCUT2D eigenvalue weighted by molar-refractivity contribution is 0.0705. The summed E-state index contributed by atoms with van der Waals surface area (Å²) in [6.45, 7) is 1.23. The number of fused-ring (bicyclic) bond motifs is 1. The van der Waals surface area contributed by atoms with Gasteiger partial charge >= 0.3 is 0 Å². The van der Waals surface area contributed by atoms with Crippen molar-refractivity contribution in [3.05, 3.63) is 81.2 Å². The summed E-state index contributed by atoms with van der Waals surface area (Å²) < 4.78 is 0. The number of amides is 1. The van der Waals surface area contributed by atoms with Crippen LogP contribution >= 0.6 is 11.3 Å². The molecular weight excluding hydrogens is 396 g/mol. The molecule has 1 aliphatic heterocycles. The van der Waals surface area contributed by atoms with Crippen molar-refractivity contribution in [3.63, 3.8) is 0 Å². The van der Waals surface area contributed by atoms with Crippen LogP contribution in [0.5, 0.6) is 0 Å². The maximum atomic E-state index is 12.9. The number of piperidine rings is 1. The van der Waals surface area contributed by atoms with Crippen LogP contribution in [0.1, 0.15) is 35.1 Å². The van der Waals surface area contributed by atoms with Gasteiger partial charge in [0.25, 0.3) is 11.5 Å². The molecule has 0 bridgehead atoms. The number of aromatic amines is 1. The molecule has 4 heterocycles. The van der Waals surface area contributed by atoms with Crippen molar-refractivity contribution in [2.75, 3.05) is 13.1 Å². The van der Waals surface area contributed by atoms with Crippen LogP contribution < -0.4 is 5.56 Å². The molecule has 7 heteroatoms. The Balaban J connectivity index is 1.31. The van der Waals surface area contributed by atoms with Gasteiger partial charge in [0, 0.05) is 41.4 Å². The fourth-order valence-electron chi connectivity index (χ4n) is 3.93. The highest BCUT2D eigenvalue weighted by Crippen LogP contribution is 2.28. The van der Waals surface area contributed by atoms with E-state index >= 15 is 0 Å². The summed E-state index contributed by atoms with van der Waals surface area (Å²) in [5, 5.41) is 4.99. The van der Waals surface area contributed by atoms with Crippen molar-refractivity contribution in [2.24, 2.45) is 0 Å². The Morgan fingerprint density at radius 2 is 1.90 bits per heavy atom. The highest BCUT2D eigenvalue weighted by atomic mass is 32.1. The van der Waals surface area contributed by atoms with Crippen LogP contribution in [0.25, 0.3) is 22.2 Å². The fraction of sp³-hybridized carbons (Fsp3) is 0.217. The lowest BCUT2D eigenvalue weighted by Gasteiger charge is -2.31. The molecule has 30 heavy (non-hydrogen) atoms. The summed E-state index contributed by atoms with van der Waals surface area (Å²) in [5.74, 6) is 0.789. The molecule has 0 unspecified atom stereocenters. The molecule has 1 saturated heterocycles. The SMILES string of the molecule is O=C(c1ccc2ccccc2n1)N1CCC(c2nc(-c3ccsc3)cc(=O)[nH]2)CC1. The van der Waals surface area contributed by atoms with E-state index in [0.717, 1.165) is 29.3 Å². The number of carbonyl (C=O) groups excluding carboxylic acids is 1. The number of nitrogens with zero attached hydrogens (tertiary/aromatic N) is 3. The highest BCUT2D eigenvalue weighted by molar-refractivity contribution is 7.08. The normalized spacial score (nSPS) is 14.9. The summed E-state index contributed by atoms with van der Waals surface area (Å²) in [6, 6.07) is 15.0. The first-order chi connectivity index (χ1) is 14.7. The van der Waals surface area contributed by atoms with Gasteiger partial charge in [0.15, 0.2) is 0 Å². The summed E-state index contributed by atoms with van der Waals surface area (Å²) in [5.41, 5.74) is 2.82. The molecule has 1 aliphatic rings. The third-order valence-corrected chi connectivity index (χ3v) is 6.25. The smallest absolute Gasteiger partial charge is 0.272 e. The third-order valence-electron chi connectivity index (χ3n) is 5.56. The molecule has 0 saturated carbocycles. The fourth-order valence-corrected chi connectivity index (χ4v) is 4.58. The molecule has 0 radical (unpaired) electrons. The number of nitrogens with one attached hydrogen (secondary N) is 1. The Morgan fingerprint density at radius 3 is 2.70 bits per heavy atom. The molecule has 0 atom stereocenters. The lowest BCUT2D eigenvalue weighted by Crippen LogP contribution is -2.38. The van der Waals surface area contributed by atoms with Crippen molar-refractivity contribution in [1.29, 1.82) is 0 Å². The number of hydrogen-bond acceptors (Lipinski definition) is 5. The lowest BCUT2D eigenvalue weighted by atomic mass is 9.95. The van der Waals surface area contributed by atoms with Crippen molar-refractivity contribution >= 4 is 28.1 Å². The standard InChI is InChI=1S/C23H20N4O2S/c28-21-13-20(17-9-12-30-14-17)25-22(26-21)16-7-10-27(11-8-16)23(29)19-6-5-15-3-1-2-4-18(15)24-19/h1-6,9,12-14,16H,7-8,10-11H2,(H,25,26,28). The summed E-state index contributed by atoms with van der Waals surface area (Å²) in [7, 11) is 0. The van der Waals surface area contributed by atoms with Crippen molar-refractivity contribution in [3.8, 4) is 11.3 Å². The van der Waals surface area contributed by atoms with Crippen LogP contribution in [0.2, 0.25) is 0 Å². The number of likely N-dealkylation sites (tertiary alicyclic amines) is 1. The molecule has 1 fully saturated rings. The van der Waals surface area contributed by atoms with E-state index in [9.17, 15) is 9.59 Å². The minimum absolute atomic E-state index is 0.0484. The number of benzene rings is 1. The average Bonchev–Trinajstić information content (AvgIpc) is 3.33. The minimum atomic E-state index is -0.139. The van der Waals surface area contributed by atoms with E-state index in [1.165, 1.54) is 6.07 Å². The zero-order valence-electron chi connectivity index (χ0n) is 16.2. The van der Waals surface area contributed by atoms with Crippen molar-refractivity contribution in [2.45, 2.75) is 18.8 Å². The number of carbonyl (C=O) groups is 1. The predicted molar refractivity (Wildman–Crippen MR) is 118 cm³/mol. The second-order valence-electron chi connectivity index (χ2n) is 7.48. The first-order valence-electron chi connectivity index (χ1n) is 9.96. The van der Waals surface area contributed by atoms with Gasteiger partial charge in [-0.25, -0.2) is 9.97 Å². The van der Waals surface area contributed by atoms with Gasteiger partial charge in [-0.15, -0.1) is 0 Å². The van der Waals surface area contributed by atoms with Crippen molar-refractivity contribution < 1.29 is 4.79 Å². The van der Waals surface area contributed by atoms with E-state index in [0.29, 0.717) is 30.3 Å². The Kier molecular flexibility index (Phi) is 4.88. The van der Waals surface area contributed by atoms with Gasteiger partial charge in [-0.05, 0) is 36.4 Å². The van der Waals surface area contributed by atoms with Gasteiger partial charge in [-0.1, -0.05) is 24.3 Å². The second kappa shape index (κ2) is 7.84. The number of rotatable bonds is 3. The second-order valence-corrected chi connectivity index (χ2v) is 8.26. The summed E-state index contributed by atoms with van der Waals surface area (Å²) >= 11 is 1.58. The van der Waals surface area contributed by atoms with Gasteiger partial charge in [0.05, 0.1) is 11.2 Å². The van der Waals surface area contributed by atoms with E-state index in [1.54, 1.807) is 17.4 Å². The van der Waals surface area contributed by atoms with Gasteiger partial charge in [-0.3, -0.25) is 9.59 Å². The highest BCUT2D eigenvalue weighted by Gasteiger charge is 2.27. The Morgan fingerprint density at radius 1 is 1.07 bits per heavy atom. The summed E-state index contributed by atoms with van der Waals surface area (Å²) in [6.07, 6.45) is 1.52. The van der Waals surface area contributed by atoms with Crippen LogP contribution in [0.15, 0.2) is 64.1 Å². The van der Waals surface area contributed by atoms with Gasteiger partial charge in [0.1, 0.15) is 11.5 Å². The first kappa shape index (κ1) is 18.7. The van der Waals surface area contributed by atoms with Gasteiger partial charge in [-0.2, -0.15) is 11.3 Å². The molecule has 0 spiro atoms. The average molecular weight is 417 g/mol. The number of thiophene rings is 1. The number of H-pyrrole nitrogens is 1. The number of aromatic nitrogens is 3. The van der Waals surface area contributed by atoms with Crippen LogP contribution in [0.4, 0.5) is 0 Å². The van der Waals surface area contributed by atoms with E-state index in [2.05, 4.69) is 9.97 Å². The van der Waals surface area contributed by atoms with E-state index in [1.807, 2.05) is 52.1 Å². The molecule has 3 aromatic heterocycles. The van der Waals surface area contributed by atoms with Crippen LogP contribution in [0, 0.1) is 0 Å². The van der Waals surface area contributed by atoms with Crippen molar-refractivity contribution in [1.82, 2.24) is 19.9 Å². The number of pyridine rings is 1. The van der Waals surface area contributed by atoms with Crippen LogP contribution in [0.3, 0.4) is 0 Å². The Bertz CT molecular complexity index is 1260. The third kappa shape index (κ3) is 3.64. The van der Waals surface area contributed by atoms with Crippen LogP contribution in [-0.2, 0) is 0 Å². The predicted octanol–water partition coefficient (Wildman–Crippen LogP) is 4.07. The van der Waals surface area contributed by atoms with Gasteiger partial charge in [0.2, 0.25) is 0 Å². The first-order valence-corrected chi connectivity index (χ1v) is 10.9. The van der Waals surface area contributed by atoms with E-state index in [-0.39, 0.29) is 17.4 Å². The van der Waals surface area contributed by atoms with Gasteiger partial charge < -0.3 is 9.88 Å². The topological polar surface area (TPSA) is 79.0 Å². The largest absolute Gasteiger partial charge is 0.337 e. The van der Waals surface area contributed by atoms with E-state index < -0.39 is 0 Å². The zero-order chi connectivity index (χ0) is 20.5. The maximum Gasteiger partial charge on any atom is 0.272 e. The number of para-hydroxylation sites is 1. The molecule has 1 aromatic carbocycles. The Labute approximate surface area is 177 Å². The molecule has 1 amide bonds. The maximum absolute atomic E-state index is 12.9. The minimum Gasteiger partial charge on any atom is -0.337 e. The molecule has 0 aliphatic carbocycles. The molecule has 150 valence electrons. The van der Waals surface area contributed by atoms with Crippen LogP contribution in [-0.4, -0.2) is 38.8 Å². The number of hydrogen-bond donors (Lipinski definition) is 1.